The number of benzene rings is 1. The summed E-state index contributed by atoms with van der Waals surface area (Å²) in [6.07, 6.45) is 9.36. The van der Waals surface area contributed by atoms with Crippen LogP contribution in [0, 0.1) is 11.3 Å². The number of hydrogen-bond donors (Lipinski definition) is 1. The first-order valence-electron chi connectivity index (χ1n) is 12.0. The zero-order valence-corrected chi connectivity index (χ0v) is 19.9. The molecule has 0 bridgehead atoms. The van der Waals surface area contributed by atoms with E-state index in [1.54, 1.807) is 19.2 Å². The molecule has 0 radical (unpaired) electrons. The summed E-state index contributed by atoms with van der Waals surface area (Å²) in [7, 11) is 0. The molecule has 1 saturated carbocycles. The molecule has 4 aromatic rings. The first kappa shape index (κ1) is 22.3. The average Bonchev–Trinajstić information content (AvgIpc) is 3.77. The first-order chi connectivity index (χ1) is 17.5. The van der Waals surface area contributed by atoms with E-state index in [2.05, 4.69) is 32.4 Å². The second-order valence-electron chi connectivity index (χ2n) is 9.68. The highest BCUT2D eigenvalue weighted by Crippen LogP contribution is 2.39. The second kappa shape index (κ2) is 8.77. The summed E-state index contributed by atoms with van der Waals surface area (Å²) in [6, 6.07) is 12.2. The van der Waals surface area contributed by atoms with Gasteiger partial charge in [-0.3, -0.25) is 19.7 Å². The molecule has 1 amide bonds. The van der Waals surface area contributed by atoms with Crippen LogP contribution >= 0.6 is 0 Å². The highest BCUT2D eigenvalue weighted by Gasteiger charge is 2.34. The predicted molar refractivity (Wildman–Crippen MR) is 133 cm³/mol. The van der Waals surface area contributed by atoms with E-state index in [0.717, 1.165) is 39.0 Å². The van der Waals surface area contributed by atoms with Crippen molar-refractivity contribution in [2.24, 2.45) is 0 Å². The molecular weight excluding hydrogens is 452 g/mol. The van der Waals surface area contributed by atoms with E-state index in [9.17, 15) is 10.1 Å². The number of ether oxygens (including phenoxy) is 1. The summed E-state index contributed by atoms with van der Waals surface area (Å²) in [5, 5.41) is 14.6. The number of nitriles is 1. The summed E-state index contributed by atoms with van der Waals surface area (Å²) in [5.41, 5.74) is 4.70. The number of nitrogens with zero attached hydrogens (tertiary/aromatic N) is 5. The van der Waals surface area contributed by atoms with Gasteiger partial charge in [0, 0.05) is 35.5 Å². The molecule has 2 aliphatic rings. The number of carbonyl (C=O) groups is 1. The number of pyridine rings is 2. The van der Waals surface area contributed by atoms with Gasteiger partial charge in [0.05, 0.1) is 60.4 Å². The molecule has 6 rings (SSSR count). The van der Waals surface area contributed by atoms with Crippen LogP contribution in [-0.2, 0) is 23.3 Å². The SMILES string of the molecule is C[C@@]1(C#N)COCc2ncc(C(=O)NCc3cc4cc(-c5cncc(C6CC6)n5)ccc4cn3)cc21. The van der Waals surface area contributed by atoms with Crippen molar-refractivity contribution in [3.63, 3.8) is 0 Å². The Hall–Kier alpha value is -4.22. The monoisotopic (exact) mass is 476 g/mol. The summed E-state index contributed by atoms with van der Waals surface area (Å²) in [6.45, 7) is 2.69. The maximum atomic E-state index is 12.9. The van der Waals surface area contributed by atoms with Gasteiger partial charge in [-0.15, -0.1) is 0 Å². The van der Waals surface area contributed by atoms with Gasteiger partial charge in [0.1, 0.15) is 5.41 Å². The van der Waals surface area contributed by atoms with Crippen LogP contribution in [0.25, 0.3) is 22.0 Å². The lowest BCUT2D eigenvalue weighted by atomic mass is 9.82. The highest BCUT2D eigenvalue weighted by atomic mass is 16.5. The molecule has 3 aromatic heterocycles. The van der Waals surface area contributed by atoms with Gasteiger partial charge < -0.3 is 10.1 Å². The minimum absolute atomic E-state index is 0.264. The fourth-order valence-corrected chi connectivity index (χ4v) is 4.54. The lowest BCUT2D eigenvalue weighted by molar-refractivity contribution is 0.0726. The molecule has 1 N–H and O–H groups in total. The van der Waals surface area contributed by atoms with Crippen LogP contribution in [0.4, 0.5) is 0 Å². The molecule has 178 valence electrons. The predicted octanol–water partition coefficient (Wildman–Crippen LogP) is 4.21. The van der Waals surface area contributed by atoms with Crippen molar-refractivity contribution in [2.75, 3.05) is 6.61 Å². The Kier molecular flexibility index (Phi) is 5.42. The van der Waals surface area contributed by atoms with Gasteiger partial charge in [-0.1, -0.05) is 12.1 Å². The topological polar surface area (TPSA) is 114 Å². The molecular formula is C28H24N6O2. The third kappa shape index (κ3) is 4.18. The van der Waals surface area contributed by atoms with Crippen LogP contribution in [0.15, 0.2) is 55.1 Å². The van der Waals surface area contributed by atoms with Crippen LogP contribution in [0.2, 0.25) is 0 Å². The van der Waals surface area contributed by atoms with Crippen molar-refractivity contribution < 1.29 is 9.53 Å². The standard InChI is InChI=1S/C28H24N6O2/c1-28(15-29)16-36-14-26-23(28)8-21(10-32-26)27(35)33-11-22-7-20-6-18(4-5-19(20)9-31-22)25-13-30-12-24(34-25)17-2-3-17/h4-10,12-13,17H,2-3,11,14,16H2,1H3,(H,33,35)/t28-/m1/s1. The molecule has 1 atom stereocenters. The molecule has 8 nitrogen and oxygen atoms in total. The zero-order chi connectivity index (χ0) is 24.7. The third-order valence-corrected chi connectivity index (χ3v) is 6.86. The van der Waals surface area contributed by atoms with E-state index in [1.165, 1.54) is 19.0 Å². The van der Waals surface area contributed by atoms with Gasteiger partial charge in [0.25, 0.3) is 5.91 Å². The van der Waals surface area contributed by atoms with Crippen molar-refractivity contribution in [3.8, 4) is 17.3 Å². The van der Waals surface area contributed by atoms with E-state index in [-0.39, 0.29) is 19.1 Å². The van der Waals surface area contributed by atoms with Gasteiger partial charge in [0.15, 0.2) is 0 Å². The van der Waals surface area contributed by atoms with Crippen molar-refractivity contribution in [1.29, 1.82) is 5.26 Å². The van der Waals surface area contributed by atoms with Gasteiger partial charge in [-0.2, -0.15) is 5.26 Å². The molecule has 0 saturated heterocycles. The molecule has 1 fully saturated rings. The Bertz CT molecular complexity index is 1540. The van der Waals surface area contributed by atoms with Crippen LogP contribution < -0.4 is 5.32 Å². The summed E-state index contributed by atoms with van der Waals surface area (Å²) in [5.74, 6) is 0.282. The third-order valence-electron chi connectivity index (χ3n) is 6.86. The van der Waals surface area contributed by atoms with E-state index in [1.807, 2.05) is 30.6 Å². The number of amides is 1. The molecule has 1 aromatic carbocycles. The average molecular weight is 477 g/mol. The maximum Gasteiger partial charge on any atom is 0.253 e. The Morgan fingerprint density at radius 1 is 1.14 bits per heavy atom. The fraction of sp³-hybridized carbons (Fsp3) is 0.286. The van der Waals surface area contributed by atoms with E-state index in [0.29, 0.717) is 23.8 Å². The molecule has 0 spiro atoms. The van der Waals surface area contributed by atoms with Gasteiger partial charge in [0.2, 0.25) is 0 Å². The van der Waals surface area contributed by atoms with Crippen molar-refractivity contribution in [3.05, 3.63) is 83.3 Å². The van der Waals surface area contributed by atoms with Crippen molar-refractivity contribution in [1.82, 2.24) is 25.3 Å². The molecule has 36 heavy (non-hydrogen) atoms. The number of nitrogens with one attached hydrogen (secondary N) is 1. The van der Waals surface area contributed by atoms with Crippen molar-refractivity contribution in [2.45, 2.75) is 44.2 Å². The number of rotatable bonds is 5. The van der Waals surface area contributed by atoms with Crippen LogP contribution in [-0.4, -0.2) is 32.4 Å². The zero-order valence-electron chi connectivity index (χ0n) is 19.9. The number of aromatic nitrogens is 4. The molecule has 8 heteroatoms. The highest BCUT2D eigenvalue weighted by molar-refractivity contribution is 5.94. The normalized spacial score (nSPS) is 18.9. The van der Waals surface area contributed by atoms with Crippen LogP contribution in [0.1, 0.15) is 58.7 Å². The molecule has 0 unspecified atom stereocenters. The molecule has 4 heterocycles. The lowest BCUT2D eigenvalue weighted by Gasteiger charge is -2.29. The van der Waals surface area contributed by atoms with Crippen LogP contribution in [0.5, 0.6) is 0 Å². The van der Waals surface area contributed by atoms with E-state index in [4.69, 9.17) is 9.72 Å². The summed E-state index contributed by atoms with van der Waals surface area (Å²) in [4.78, 5) is 31.0. The Balaban J connectivity index is 1.21. The van der Waals surface area contributed by atoms with Crippen LogP contribution in [0.3, 0.4) is 0 Å². The summed E-state index contributed by atoms with van der Waals surface area (Å²) < 4.78 is 5.50. The smallest absolute Gasteiger partial charge is 0.253 e. The first-order valence-corrected chi connectivity index (χ1v) is 12.0. The van der Waals surface area contributed by atoms with Crippen molar-refractivity contribution >= 4 is 16.7 Å². The second-order valence-corrected chi connectivity index (χ2v) is 9.68. The Morgan fingerprint density at radius 2 is 2.03 bits per heavy atom. The minimum atomic E-state index is -0.822. The van der Waals surface area contributed by atoms with Gasteiger partial charge >= 0.3 is 0 Å². The Labute approximate surface area is 208 Å². The number of fused-ring (bicyclic) bond motifs is 2. The number of hydrogen-bond acceptors (Lipinski definition) is 7. The molecule has 1 aliphatic carbocycles. The van der Waals surface area contributed by atoms with E-state index < -0.39 is 5.41 Å². The molecule has 1 aliphatic heterocycles. The number of carbonyl (C=O) groups excluding carboxylic acids is 1. The Morgan fingerprint density at radius 3 is 2.86 bits per heavy atom. The van der Waals surface area contributed by atoms with E-state index >= 15 is 0 Å². The largest absolute Gasteiger partial charge is 0.373 e. The fourth-order valence-electron chi connectivity index (χ4n) is 4.54. The summed E-state index contributed by atoms with van der Waals surface area (Å²) >= 11 is 0. The minimum Gasteiger partial charge on any atom is -0.373 e. The van der Waals surface area contributed by atoms with Gasteiger partial charge in [-0.05, 0) is 48.9 Å². The van der Waals surface area contributed by atoms with Gasteiger partial charge in [-0.25, -0.2) is 4.98 Å². The quantitative estimate of drug-likeness (QED) is 0.459. The lowest BCUT2D eigenvalue weighted by Crippen LogP contribution is -2.33. The maximum absolute atomic E-state index is 12.9.